The minimum absolute atomic E-state index is 0.669. The van der Waals surface area contributed by atoms with Gasteiger partial charge >= 0.3 is 0 Å². The van der Waals surface area contributed by atoms with Gasteiger partial charge in [-0.25, -0.2) is 9.97 Å². The van der Waals surface area contributed by atoms with Crippen molar-refractivity contribution in [1.82, 2.24) is 28.2 Å². The van der Waals surface area contributed by atoms with Crippen molar-refractivity contribution in [2.24, 2.45) is 0 Å². The highest BCUT2D eigenvalue weighted by molar-refractivity contribution is 6.21. The maximum absolute atomic E-state index is 5.77. The van der Waals surface area contributed by atoms with E-state index in [9.17, 15) is 0 Å². The van der Waals surface area contributed by atoms with Gasteiger partial charge in [0.2, 0.25) is 0 Å². The minimum atomic E-state index is 0.669. The van der Waals surface area contributed by atoms with Gasteiger partial charge in [-0.05, 0) is 171 Å². The summed E-state index contributed by atoms with van der Waals surface area (Å²) in [6.07, 6.45) is 0. The van der Waals surface area contributed by atoms with Crippen molar-refractivity contribution in [3.8, 4) is 101 Å². The quantitative estimate of drug-likeness (QED) is 0.145. The molecule has 5 aromatic heterocycles. The zero-order valence-corrected chi connectivity index (χ0v) is 53.0. The van der Waals surface area contributed by atoms with E-state index in [0.29, 0.717) is 5.82 Å². The molecule has 454 valence electrons. The van der Waals surface area contributed by atoms with Gasteiger partial charge in [-0.3, -0.25) is 0 Å². The van der Waals surface area contributed by atoms with E-state index in [2.05, 4.69) is 358 Å². The Balaban J connectivity index is 0.709. The van der Waals surface area contributed by atoms with Gasteiger partial charge in [0.1, 0.15) is 0 Å². The highest BCUT2D eigenvalue weighted by Gasteiger charge is 2.30. The second-order valence-electron chi connectivity index (χ2n) is 26.0. The van der Waals surface area contributed by atoms with E-state index in [1.807, 2.05) is 0 Å². The van der Waals surface area contributed by atoms with E-state index in [4.69, 9.17) is 9.97 Å². The van der Waals surface area contributed by atoms with Gasteiger partial charge in [0.05, 0.1) is 55.5 Å². The fourth-order valence-corrected chi connectivity index (χ4v) is 16.4. The monoisotopic (exact) mass is 1240 g/mol. The van der Waals surface area contributed by atoms with Crippen molar-refractivity contribution in [3.63, 3.8) is 0 Å². The average Bonchev–Trinajstić information content (AvgIpc) is 1.56. The number of para-hydroxylation sites is 6. The van der Waals surface area contributed by atoms with Crippen LogP contribution in [-0.4, -0.2) is 28.2 Å². The van der Waals surface area contributed by atoms with Gasteiger partial charge in [0, 0.05) is 88.1 Å². The van der Waals surface area contributed by atoms with Crippen molar-refractivity contribution in [2.75, 3.05) is 0 Å². The molecule has 20 aromatic rings. The molecule has 0 atom stereocenters. The molecule has 15 aromatic carbocycles. The Kier molecular flexibility index (Phi) is 11.7. The first-order valence-corrected chi connectivity index (χ1v) is 33.6. The molecule has 5 heterocycles. The molecule has 0 amide bonds. The van der Waals surface area contributed by atoms with E-state index in [1.54, 1.807) is 0 Å². The lowest BCUT2D eigenvalue weighted by Crippen LogP contribution is -2.00. The fraction of sp³-hybridized carbons (Fsp3) is 0. The molecule has 0 fully saturated rings. The Labute approximate surface area is 563 Å². The molecule has 6 heteroatoms. The first-order chi connectivity index (χ1) is 48.6. The zero-order valence-electron chi connectivity index (χ0n) is 53.0. The van der Waals surface area contributed by atoms with Crippen LogP contribution in [0.15, 0.2) is 340 Å². The van der Waals surface area contributed by atoms with E-state index in [1.165, 1.54) is 98.2 Å². The number of fused-ring (bicyclic) bond motifs is 15. The number of aromatic nitrogens is 6. The molecule has 0 spiro atoms. The Morgan fingerprint density at radius 2 is 0.561 bits per heavy atom. The third kappa shape index (κ3) is 8.09. The number of hydrogen-bond acceptors (Lipinski definition) is 2. The van der Waals surface area contributed by atoms with Crippen LogP contribution in [0.5, 0.6) is 0 Å². The average molecular weight is 1250 g/mol. The van der Waals surface area contributed by atoms with Gasteiger partial charge in [0.15, 0.2) is 5.82 Å². The second kappa shape index (κ2) is 21.2. The molecule has 0 bridgehead atoms. The normalized spacial score (nSPS) is 12.1. The van der Waals surface area contributed by atoms with Gasteiger partial charge in [-0.1, -0.05) is 218 Å². The molecule has 0 N–H and O–H groups in total. The SMILES string of the molecule is c1ccc(-c2ccc3c4c(cccc24)-c2nc(-c4ccc(-n5c6ccccc6c6ccc(-c7ccc8c(c7)c7ccccc7n8-c7ccccc7)cc65)cc4)nc(-c4cccc(-n5c6ccccc6c6ccc(-c7ccc8c(c7)c7ccccc7n8-c7ccccc7)cc65)c4)c2-3)cc1. The largest absolute Gasteiger partial charge is 0.309 e. The highest BCUT2D eigenvalue weighted by atomic mass is 15.0. The van der Waals surface area contributed by atoms with Crippen molar-refractivity contribution in [1.29, 1.82) is 0 Å². The molecule has 0 saturated heterocycles. The third-order valence-electron chi connectivity index (χ3n) is 20.7. The summed E-state index contributed by atoms with van der Waals surface area (Å²) in [4.78, 5) is 11.4. The lowest BCUT2D eigenvalue weighted by molar-refractivity contribution is 1.16. The maximum atomic E-state index is 5.77. The Morgan fingerprint density at radius 3 is 1.12 bits per heavy atom. The van der Waals surface area contributed by atoms with E-state index >= 15 is 0 Å². The predicted octanol–water partition coefficient (Wildman–Crippen LogP) is 24.0. The smallest absolute Gasteiger partial charge is 0.160 e. The van der Waals surface area contributed by atoms with Gasteiger partial charge < -0.3 is 18.3 Å². The van der Waals surface area contributed by atoms with Crippen LogP contribution in [0.3, 0.4) is 0 Å². The standard InChI is InChI=1S/C92H56N6/c1-4-20-57(21-5-1)68-48-49-76-88-75(68)32-19-33-77(88)91-89(76)90(63-22-18-27-67(52-63)98-81-35-15-11-29-70(81)74-47-41-62(56-87(74)98)60-43-51-85-79(54-60)72-31-13-17-37-83(72)96(85)65-25-8-3-9-26-65)93-92(94-91)58-38-44-66(45-39-58)97-80-34-14-10-28-69(80)73-46-40-61(55-86(73)97)59-42-50-84-78(53-59)71-30-12-16-36-82(71)95(84)64-23-6-2-7-24-64/h1-56H. The van der Waals surface area contributed by atoms with Gasteiger partial charge in [0.25, 0.3) is 0 Å². The van der Waals surface area contributed by atoms with Crippen molar-refractivity contribution >= 4 is 98.0 Å². The van der Waals surface area contributed by atoms with E-state index < -0.39 is 0 Å². The zero-order chi connectivity index (χ0) is 64.1. The minimum Gasteiger partial charge on any atom is -0.309 e. The molecule has 1 aliphatic rings. The molecule has 0 unspecified atom stereocenters. The summed E-state index contributed by atoms with van der Waals surface area (Å²) in [5.74, 6) is 0.669. The van der Waals surface area contributed by atoms with Crippen LogP contribution < -0.4 is 0 Å². The summed E-state index contributed by atoms with van der Waals surface area (Å²) in [7, 11) is 0. The first-order valence-electron chi connectivity index (χ1n) is 33.6. The second-order valence-corrected chi connectivity index (χ2v) is 26.0. The van der Waals surface area contributed by atoms with Gasteiger partial charge in [-0.15, -0.1) is 0 Å². The molecule has 6 nitrogen and oxygen atoms in total. The van der Waals surface area contributed by atoms with Crippen LogP contribution in [0.25, 0.3) is 199 Å². The summed E-state index contributed by atoms with van der Waals surface area (Å²) in [6, 6.07) is 124. The molecule has 98 heavy (non-hydrogen) atoms. The van der Waals surface area contributed by atoms with Crippen LogP contribution in [0.2, 0.25) is 0 Å². The fourth-order valence-electron chi connectivity index (χ4n) is 16.4. The lowest BCUT2D eigenvalue weighted by Gasteiger charge is -2.15. The van der Waals surface area contributed by atoms with Crippen LogP contribution in [-0.2, 0) is 0 Å². The van der Waals surface area contributed by atoms with Crippen LogP contribution in [0.1, 0.15) is 0 Å². The van der Waals surface area contributed by atoms with Crippen LogP contribution in [0, 0.1) is 0 Å². The summed E-state index contributed by atoms with van der Waals surface area (Å²) in [5.41, 5.74) is 27.8. The Bertz CT molecular complexity index is 6710. The van der Waals surface area contributed by atoms with Gasteiger partial charge in [-0.2, -0.15) is 0 Å². The predicted molar refractivity (Wildman–Crippen MR) is 409 cm³/mol. The third-order valence-corrected chi connectivity index (χ3v) is 20.7. The molecule has 0 radical (unpaired) electrons. The Hall–Kier alpha value is -13.2. The molecule has 21 rings (SSSR count). The van der Waals surface area contributed by atoms with Crippen molar-refractivity contribution < 1.29 is 0 Å². The Morgan fingerprint density at radius 1 is 0.184 bits per heavy atom. The van der Waals surface area contributed by atoms with Crippen molar-refractivity contribution in [2.45, 2.75) is 0 Å². The number of benzene rings is 15. The number of rotatable bonds is 9. The summed E-state index contributed by atoms with van der Waals surface area (Å²) < 4.78 is 9.63. The maximum Gasteiger partial charge on any atom is 0.160 e. The topological polar surface area (TPSA) is 45.5 Å². The summed E-state index contributed by atoms with van der Waals surface area (Å²) in [5, 5.41) is 12.1. The molecule has 0 saturated carbocycles. The van der Waals surface area contributed by atoms with Crippen LogP contribution >= 0.6 is 0 Å². The molecular weight excluding hydrogens is 1190 g/mol. The molecule has 1 aliphatic carbocycles. The lowest BCUT2D eigenvalue weighted by atomic mass is 9.93. The summed E-state index contributed by atoms with van der Waals surface area (Å²) in [6.45, 7) is 0. The van der Waals surface area contributed by atoms with Crippen LogP contribution in [0.4, 0.5) is 0 Å². The first kappa shape index (κ1) is 54.3. The molecule has 0 aliphatic heterocycles. The van der Waals surface area contributed by atoms with E-state index in [-0.39, 0.29) is 0 Å². The molecular formula is C92H56N6. The highest BCUT2D eigenvalue weighted by Crippen LogP contribution is 2.53. The number of nitrogens with zero attached hydrogens (tertiary/aromatic N) is 6. The number of hydrogen-bond donors (Lipinski definition) is 0. The summed E-state index contributed by atoms with van der Waals surface area (Å²) >= 11 is 0. The van der Waals surface area contributed by atoms with E-state index in [0.717, 1.165) is 95.1 Å². The van der Waals surface area contributed by atoms with Crippen molar-refractivity contribution in [3.05, 3.63) is 340 Å².